The van der Waals surface area contributed by atoms with Crippen molar-refractivity contribution in [1.82, 2.24) is 14.7 Å². The minimum absolute atomic E-state index is 0.0285. The molecule has 1 amide bonds. The summed E-state index contributed by atoms with van der Waals surface area (Å²) in [5.41, 5.74) is 5.54. The molecule has 1 saturated carbocycles. The van der Waals surface area contributed by atoms with Crippen molar-refractivity contribution in [1.29, 1.82) is 0 Å². The van der Waals surface area contributed by atoms with Crippen molar-refractivity contribution < 1.29 is 14.6 Å². The summed E-state index contributed by atoms with van der Waals surface area (Å²) in [6.07, 6.45) is 2.68. The number of nitrogens with zero attached hydrogens (tertiary/aromatic N) is 2. The molecule has 0 unspecified atom stereocenters. The third-order valence-electron chi connectivity index (χ3n) is 6.68. The number of anilines is 1. The van der Waals surface area contributed by atoms with Crippen LogP contribution in [0.3, 0.4) is 0 Å². The summed E-state index contributed by atoms with van der Waals surface area (Å²) in [7, 11) is 0. The number of halogens is 1. The first-order valence-corrected chi connectivity index (χ1v) is 12.6. The Bertz CT molecular complexity index is 1450. The molecule has 6 rings (SSSR count). The van der Waals surface area contributed by atoms with E-state index in [1.54, 1.807) is 0 Å². The molecule has 1 aliphatic heterocycles. The van der Waals surface area contributed by atoms with Crippen LogP contribution in [0.15, 0.2) is 54.6 Å². The minimum Gasteiger partial charge on any atom is -0.426 e. The highest BCUT2D eigenvalue weighted by molar-refractivity contribution is 7.99. The van der Waals surface area contributed by atoms with Gasteiger partial charge in [0.1, 0.15) is 12.3 Å². The fourth-order valence-corrected chi connectivity index (χ4v) is 5.53. The van der Waals surface area contributed by atoms with E-state index in [9.17, 15) is 9.90 Å². The molecule has 2 fully saturated rings. The zero-order valence-corrected chi connectivity index (χ0v) is 20.5. The first-order valence-electron chi connectivity index (χ1n) is 11.4. The number of fused-ring (bicyclic) bond motifs is 1. The Morgan fingerprint density at radius 1 is 1.14 bits per heavy atom. The highest BCUT2D eigenvalue weighted by atomic mass is 35.5. The average Bonchev–Trinajstić information content (AvgIpc) is 3.43. The molecule has 2 heterocycles. The van der Waals surface area contributed by atoms with Gasteiger partial charge in [0.15, 0.2) is 0 Å². The second-order valence-electron chi connectivity index (χ2n) is 9.06. The molecule has 0 atom stereocenters. The normalized spacial score (nSPS) is 16.9. The van der Waals surface area contributed by atoms with E-state index in [4.69, 9.17) is 16.3 Å². The van der Waals surface area contributed by atoms with Crippen LogP contribution >= 0.6 is 23.7 Å². The number of nitrogens with one attached hydrogen (secondary N) is 2. The number of hydrogen-bond acceptors (Lipinski definition) is 6. The van der Waals surface area contributed by atoms with E-state index in [-0.39, 0.29) is 5.91 Å². The lowest BCUT2D eigenvalue weighted by Crippen LogP contribution is -2.33. The number of aryl methyl sites for hydroxylation is 1. The Morgan fingerprint density at radius 3 is 2.63 bits per heavy atom. The molecule has 1 aromatic heterocycles. The number of imidazole rings is 1. The summed E-state index contributed by atoms with van der Waals surface area (Å²) in [6, 6.07) is 17.8. The van der Waals surface area contributed by atoms with Gasteiger partial charge < -0.3 is 14.8 Å². The topological polar surface area (TPSA) is 90.5 Å². The van der Waals surface area contributed by atoms with E-state index in [1.807, 2.05) is 65.8 Å². The third kappa shape index (κ3) is 4.11. The van der Waals surface area contributed by atoms with Gasteiger partial charge in [0.2, 0.25) is 0 Å². The Labute approximate surface area is 211 Å². The van der Waals surface area contributed by atoms with Crippen molar-refractivity contribution in [3.05, 3.63) is 70.7 Å². The number of benzene rings is 3. The molecule has 1 aliphatic carbocycles. The molecular formula is C26H23ClN4O3S. The number of hydrogen-bond donors (Lipinski definition) is 3. The molecule has 178 valence electrons. The van der Waals surface area contributed by atoms with Crippen LogP contribution in [0, 0.1) is 6.92 Å². The number of aromatic nitrogens is 2. The second-order valence-corrected chi connectivity index (χ2v) is 10.3. The van der Waals surface area contributed by atoms with Crippen LogP contribution < -0.4 is 13.8 Å². The first kappa shape index (κ1) is 22.3. The zero-order valence-electron chi connectivity index (χ0n) is 19.0. The summed E-state index contributed by atoms with van der Waals surface area (Å²) in [6.45, 7) is 2.29. The van der Waals surface area contributed by atoms with Gasteiger partial charge in [-0.2, -0.15) is 4.98 Å². The quantitative estimate of drug-likeness (QED) is 0.294. The van der Waals surface area contributed by atoms with Crippen LogP contribution in [0.25, 0.3) is 22.2 Å². The Kier molecular flexibility index (Phi) is 5.40. The minimum atomic E-state index is -0.684. The van der Waals surface area contributed by atoms with Crippen LogP contribution in [0.4, 0.5) is 5.69 Å². The van der Waals surface area contributed by atoms with Gasteiger partial charge in [-0.15, -0.1) is 0 Å². The van der Waals surface area contributed by atoms with Gasteiger partial charge in [0.25, 0.3) is 11.9 Å². The number of ether oxygens (including phenoxy) is 1. The molecule has 1 saturated heterocycles. The highest BCUT2D eigenvalue weighted by Gasteiger charge is 2.36. The molecule has 3 aromatic carbocycles. The van der Waals surface area contributed by atoms with Crippen molar-refractivity contribution in [3.8, 4) is 22.9 Å². The highest BCUT2D eigenvalue weighted by Crippen LogP contribution is 2.42. The lowest BCUT2D eigenvalue weighted by Gasteiger charge is -2.37. The molecule has 4 aromatic rings. The fraction of sp³-hybridized carbons (Fsp3) is 0.231. The van der Waals surface area contributed by atoms with Crippen LogP contribution in [0.1, 0.15) is 30.4 Å². The molecular weight excluding hydrogens is 484 g/mol. The van der Waals surface area contributed by atoms with E-state index in [0.717, 1.165) is 58.2 Å². The largest absolute Gasteiger partial charge is 0.426 e. The molecule has 0 bridgehead atoms. The molecule has 0 spiro atoms. The van der Waals surface area contributed by atoms with Crippen LogP contribution in [-0.2, 0) is 10.4 Å². The van der Waals surface area contributed by atoms with E-state index in [1.165, 1.54) is 12.1 Å². The summed E-state index contributed by atoms with van der Waals surface area (Å²) in [4.78, 5) is 19.4. The average molecular weight is 507 g/mol. The number of H-pyrrole nitrogens is 1. The maximum atomic E-state index is 11.6. The van der Waals surface area contributed by atoms with Crippen molar-refractivity contribution in [2.75, 3.05) is 10.8 Å². The monoisotopic (exact) mass is 506 g/mol. The van der Waals surface area contributed by atoms with E-state index in [2.05, 4.69) is 14.7 Å². The summed E-state index contributed by atoms with van der Waals surface area (Å²) in [5.74, 6) is 0.583. The third-order valence-corrected chi connectivity index (χ3v) is 7.86. The van der Waals surface area contributed by atoms with Gasteiger partial charge in [-0.05, 0) is 61.1 Å². The number of aromatic amines is 1. The Morgan fingerprint density at radius 2 is 1.94 bits per heavy atom. The van der Waals surface area contributed by atoms with Gasteiger partial charge >= 0.3 is 0 Å². The first-order chi connectivity index (χ1) is 16.9. The Hall–Kier alpha value is -3.20. The molecule has 2 aliphatic rings. The van der Waals surface area contributed by atoms with Crippen molar-refractivity contribution in [3.63, 3.8) is 0 Å². The molecule has 0 radical (unpaired) electrons. The fourth-order valence-electron chi connectivity index (χ4n) is 4.51. The summed E-state index contributed by atoms with van der Waals surface area (Å²) in [5, 5.41) is 11.2. The summed E-state index contributed by atoms with van der Waals surface area (Å²) < 4.78 is 10.7. The lowest BCUT2D eigenvalue weighted by atomic mass is 9.75. The van der Waals surface area contributed by atoms with E-state index < -0.39 is 5.60 Å². The predicted octanol–water partition coefficient (Wildman–Crippen LogP) is 5.85. The second kappa shape index (κ2) is 8.48. The smallest absolute Gasteiger partial charge is 0.300 e. The molecule has 9 heteroatoms. The van der Waals surface area contributed by atoms with Gasteiger partial charge in [0, 0.05) is 11.6 Å². The molecule has 3 N–H and O–H groups in total. The van der Waals surface area contributed by atoms with Crippen molar-refractivity contribution >= 4 is 46.4 Å². The number of aliphatic hydroxyl groups is 1. The van der Waals surface area contributed by atoms with Gasteiger partial charge in [0.05, 0.1) is 39.5 Å². The lowest BCUT2D eigenvalue weighted by molar-refractivity contribution is -0.117. The van der Waals surface area contributed by atoms with E-state index >= 15 is 0 Å². The summed E-state index contributed by atoms with van der Waals surface area (Å²) >= 11 is 7.89. The van der Waals surface area contributed by atoms with Crippen molar-refractivity contribution in [2.24, 2.45) is 0 Å². The van der Waals surface area contributed by atoms with Crippen LogP contribution in [0.2, 0.25) is 5.02 Å². The van der Waals surface area contributed by atoms with Crippen LogP contribution in [-0.4, -0.2) is 27.5 Å². The predicted molar refractivity (Wildman–Crippen MR) is 139 cm³/mol. The number of carbonyl (C=O) groups excluding carboxylic acids is 1. The number of rotatable bonds is 5. The van der Waals surface area contributed by atoms with Crippen molar-refractivity contribution in [2.45, 2.75) is 31.8 Å². The van der Waals surface area contributed by atoms with Gasteiger partial charge in [-0.3, -0.25) is 13.8 Å². The zero-order chi connectivity index (χ0) is 24.2. The van der Waals surface area contributed by atoms with Gasteiger partial charge in [-0.25, -0.2) is 0 Å². The SMILES string of the molecule is Cc1ccc(Oc2nc3cc(-c4ccc(C5(O)CCC5)cc4)c(Cl)cc3[nH]2)cc1N1CC(=O)NS1. The molecule has 7 nitrogen and oxygen atoms in total. The molecule has 35 heavy (non-hydrogen) atoms. The number of carbonyl (C=O) groups is 1. The van der Waals surface area contributed by atoms with Crippen LogP contribution in [0.5, 0.6) is 11.8 Å². The Balaban J connectivity index is 1.27. The van der Waals surface area contributed by atoms with Gasteiger partial charge in [-0.1, -0.05) is 41.9 Å². The number of amides is 1. The maximum absolute atomic E-state index is 11.6. The standard InChI is InChI=1S/C26H23ClN4O3S/c1-15-3-8-18(11-23(15)31-14-24(32)30-35-31)34-25-28-21-12-19(20(27)13-22(21)29-25)16-4-6-17(7-5-16)26(33)9-2-10-26/h3-8,11-13,33H,2,9-10,14H2,1H3,(H,28,29)(H,30,32). The maximum Gasteiger partial charge on any atom is 0.300 e. The van der Waals surface area contributed by atoms with E-state index in [0.29, 0.717) is 23.3 Å².